The average Bonchev–Trinajstić information content (AvgIpc) is 3.16. The topological polar surface area (TPSA) is 0 Å². The van der Waals surface area contributed by atoms with Gasteiger partial charge in [-0.15, -0.1) is 34.0 Å². The van der Waals surface area contributed by atoms with Crippen LogP contribution < -0.4 is 0 Å². The van der Waals surface area contributed by atoms with E-state index >= 15 is 0 Å². The lowest BCUT2D eigenvalue weighted by molar-refractivity contribution is 1.83. The fraction of sp³-hybridized carbons (Fsp3) is 0. The first-order valence-corrected chi connectivity index (χ1v) is 9.44. The summed E-state index contributed by atoms with van der Waals surface area (Å²) in [6.07, 6.45) is 0. The van der Waals surface area contributed by atoms with Crippen molar-refractivity contribution in [2.45, 2.75) is 0 Å². The number of halogens is 1. The minimum atomic E-state index is 1.18. The van der Waals surface area contributed by atoms with Crippen LogP contribution in [0.2, 0.25) is 0 Å². The number of fused-ring (bicyclic) bond motifs is 1. The van der Waals surface area contributed by atoms with Crippen LogP contribution in [-0.2, 0) is 0 Å². The predicted molar refractivity (Wildman–Crippen MR) is 96.2 cm³/mol. The molecule has 0 nitrogen and oxygen atoms in total. The first-order valence-electron chi connectivity index (χ1n) is 6.14. The Bertz CT molecular complexity index is 868. The minimum absolute atomic E-state index is 1.18. The molecule has 4 aromatic rings. The monoisotopic (exact) mass is 376 g/mol. The first-order chi connectivity index (χ1) is 9.83. The SMILES string of the molecule is Brc1ccc(-c2sc(-c3cccs3)c3ccccc23)s1. The highest BCUT2D eigenvalue weighted by atomic mass is 79.9. The van der Waals surface area contributed by atoms with E-state index in [1.807, 2.05) is 22.7 Å². The summed E-state index contributed by atoms with van der Waals surface area (Å²) in [6.45, 7) is 0. The summed E-state index contributed by atoms with van der Waals surface area (Å²) in [7, 11) is 0. The molecule has 0 aliphatic rings. The van der Waals surface area contributed by atoms with Crippen LogP contribution in [-0.4, -0.2) is 0 Å². The van der Waals surface area contributed by atoms with Crippen molar-refractivity contribution in [3.05, 3.63) is 57.7 Å². The lowest BCUT2D eigenvalue weighted by Crippen LogP contribution is -1.68. The van der Waals surface area contributed by atoms with Crippen molar-refractivity contribution in [1.82, 2.24) is 0 Å². The Kier molecular flexibility index (Phi) is 3.27. The molecular weight excluding hydrogens is 368 g/mol. The molecule has 3 heterocycles. The van der Waals surface area contributed by atoms with Gasteiger partial charge < -0.3 is 0 Å². The van der Waals surface area contributed by atoms with Gasteiger partial charge in [-0.05, 0) is 39.5 Å². The van der Waals surface area contributed by atoms with E-state index < -0.39 is 0 Å². The van der Waals surface area contributed by atoms with Crippen molar-refractivity contribution in [1.29, 1.82) is 0 Å². The van der Waals surface area contributed by atoms with E-state index in [2.05, 4.69) is 69.8 Å². The van der Waals surface area contributed by atoms with E-state index in [1.165, 1.54) is 34.1 Å². The van der Waals surface area contributed by atoms with Crippen molar-refractivity contribution in [2.75, 3.05) is 0 Å². The van der Waals surface area contributed by atoms with Crippen LogP contribution in [0.1, 0.15) is 0 Å². The molecule has 0 spiro atoms. The van der Waals surface area contributed by atoms with Crippen LogP contribution in [0.25, 0.3) is 30.3 Å². The van der Waals surface area contributed by atoms with Gasteiger partial charge in [0, 0.05) is 20.5 Å². The summed E-state index contributed by atoms with van der Waals surface area (Å²) in [5.74, 6) is 0. The van der Waals surface area contributed by atoms with Crippen molar-refractivity contribution in [3.63, 3.8) is 0 Å². The van der Waals surface area contributed by atoms with Crippen LogP contribution in [0, 0.1) is 0 Å². The molecule has 0 fully saturated rings. The van der Waals surface area contributed by atoms with Gasteiger partial charge in [0.2, 0.25) is 0 Å². The minimum Gasteiger partial charge on any atom is -0.143 e. The summed E-state index contributed by atoms with van der Waals surface area (Å²) in [5, 5.41) is 4.86. The molecule has 0 aliphatic carbocycles. The molecule has 98 valence electrons. The largest absolute Gasteiger partial charge is 0.143 e. The van der Waals surface area contributed by atoms with Gasteiger partial charge in [-0.3, -0.25) is 0 Å². The number of rotatable bonds is 2. The number of hydrogen-bond donors (Lipinski definition) is 0. The van der Waals surface area contributed by atoms with Crippen LogP contribution in [0.4, 0.5) is 0 Å². The molecule has 0 atom stereocenters. The van der Waals surface area contributed by atoms with Crippen LogP contribution in [0.15, 0.2) is 57.7 Å². The van der Waals surface area contributed by atoms with E-state index in [9.17, 15) is 0 Å². The maximum atomic E-state index is 3.56. The molecule has 4 heteroatoms. The maximum Gasteiger partial charge on any atom is 0.0705 e. The molecule has 0 bridgehead atoms. The second-order valence-corrected chi connectivity index (χ2v) is 8.82. The molecule has 1 aromatic carbocycles. The normalized spacial score (nSPS) is 11.2. The summed E-state index contributed by atoms with van der Waals surface area (Å²) in [6, 6.07) is 17.4. The standard InChI is InChI=1S/C16H9BrS3/c17-14-8-7-13(19-14)16-11-5-2-1-4-10(11)15(20-16)12-6-3-9-18-12/h1-9H. The highest BCUT2D eigenvalue weighted by Gasteiger charge is 2.15. The Morgan fingerprint density at radius 1 is 0.700 bits per heavy atom. The highest BCUT2D eigenvalue weighted by Crippen LogP contribution is 2.47. The fourth-order valence-corrected chi connectivity index (χ4v) is 5.96. The third kappa shape index (κ3) is 2.07. The molecule has 0 aliphatic heterocycles. The van der Waals surface area contributed by atoms with Gasteiger partial charge in [0.25, 0.3) is 0 Å². The number of hydrogen-bond acceptors (Lipinski definition) is 3. The highest BCUT2D eigenvalue weighted by molar-refractivity contribution is 9.11. The predicted octanol–water partition coefficient (Wildman–Crippen LogP) is 7.12. The molecule has 0 saturated heterocycles. The van der Waals surface area contributed by atoms with E-state index in [1.54, 1.807) is 11.3 Å². The van der Waals surface area contributed by atoms with Crippen LogP contribution in [0.5, 0.6) is 0 Å². The molecule has 3 aromatic heterocycles. The maximum absolute atomic E-state index is 3.56. The summed E-state index contributed by atoms with van der Waals surface area (Å²) in [4.78, 5) is 5.45. The van der Waals surface area contributed by atoms with E-state index in [0.717, 1.165) is 0 Å². The molecule has 0 saturated carbocycles. The summed E-state index contributed by atoms with van der Waals surface area (Å²) < 4.78 is 1.18. The van der Waals surface area contributed by atoms with E-state index in [0.29, 0.717) is 0 Å². The third-order valence-electron chi connectivity index (χ3n) is 3.16. The number of thiophene rings is 3. The Morgan fingerprint density at radius 3 is 2.05 bits per heavy atom. The molecule has 0 N–H and O–H groups in total. The van der Waals surface area contributed by atoms with Gasteiger partial charge in [0.1, 0.15) is 0 Å². The number of benzene rings is 1. The lowest BCUT2D eigenvalue weighted by Gasteiger charge is -1.94. The zero-order chi connectivity index (χ0) is 13.5. The van der Waals surface area contributed by atoms with Gasteiger partial charge in [-0.25, -0.2) is 0 Å². The van der Waals surface area contributed by atoms with Gasteiger partial charge in [-0.2, -0.15) is 0 Å². The van der Waals surface area contributed by atoms with Gasteiger partial charge in [0.15, 0.2) is 0 Å². The summed E-state index contributed by atoms with van der Waals surface area (Å²) >= 11 is 9.07. The Balaban J connectivity index is 2.03. The average molecular weight is 377 g/mol. The molecule has 20 heavy (non-hydrogen) atoms. The van der Waals surface area contributed by atoms with Crippen molar-refractivity contribution in [3.8, 4) is 19.5 Å². The smallest absolute Gasteiger partial charge is 0.0705 e. The lowest BCUT2D eigenvalue weighted by atomic mass is 10.1. The van der Waals surface area contributed by atoms with Crippen molar-refractivity contribution in [2.24, 2.45) is 0 Å². The van der Waals surface area contributed by atoms with Gasteiger partial charge >= 0.3 is 0 Å². The first kappa shape index (κ1) is 12.8. The van der Waals surface area contributed by atoms with Gasteiger partial charge in [-0.1, -0.05) is 30.3 Å². The van der Waals surface area contributed by atoms with Crippen LogP contribution in [0.3, 0.4) is 0 Å². The fourth-order valence-electron chi connectivity index (χ4n) is 2.30. The molecule has 0 unspecified atom stereocenters. The van der Waals surface area contributed by atoms with E-state index in [-0.39, 0.29) is 0 Å². The van der Waals surface area contributed by atoms with Gasteiger partial charge in [0.05, 0.1) is 13.5 Å². The summed E-state index contributed by atoms with van der Waals surface area (Å²) in [5.41, 5.74) is 0. The molecule has 0 radical (unpaired) electrons. The quantitative estimate of drug-likeness (QED) is 0.349. The second kappa shape index (κ2) is 5.11. The molecule has 4 rings (SSSR count). The van der Waals surface area contributed by atoms with Crippen molar-refractivity contribution < 1.29 is 0 Å². The second-order valence-electron chi connectivity index (χ2n) is 4.39. The van der Waals surface area contributed by atoms with E-state index in [4.69, 9.17) is 0 Å². The molecular formula is C16H9BrS3. The zero-order valence-electron chi connectivity index (χ0n) is 10.3. The van der Waals surface area contributed by atoms with Crippen LogP contribution >= 0.6 is 49.9 Å². The Morgan fingerprint density at radius 2 is 1.45 bits per heavy atom. The van der Waals surface area contributed by atoms with Crippen molar-refractivity contribution >= 4 is 60.7 Å². The Hall–Kier alpha value is -0.940. The zero-order valence-corrected chi connectivity index (χ0v) is 14.3. The Labute approximate surface area is 137 Å². The molecule has 0 amide bonds. The third-order valence-corrected chi connectivity index (χ3v) is 7.24.